The molecule has 0 amide bonds. The smallest absolute Gasteiger partial charge is 0.231 e. The van der Waals surface area contributed by atoms with Crippen LogP contribution in [0.3, 0.4) is 0 Å². The van der Waals surface area contributed by atoms with Crippen molar-refractivity contribution < 1.29 is 28.2 Å². The van der Waals surface area contributed by atoms with Crippen molar-refractivity contribution in [2.24, 2.45) is 0 Å². The summed E-state index contributed by atoms with van der Waals surface area (Å²) in [7, 11) is 6.18. The van der Waals surface area contributed by atoms with Gasteiger partial charge in [-0.2, -0.15) is 0 Å². The van der Waals surface area contributed by atoms with E-state index in [9.17, 15) is 4.79 Å². The number of allylic oxidation sites excluding steroid dienone is 1. The number of Topliss-reactive ketones (excluding diaryl/α,β-unsaturated/α-hetero) is 1. The molecule has 33 heavy (non-hydrogen) atoms. The Morgan fingerprint density at radius 2 is 1.52 bits per heavy atom. The van der Waals surface area contributed by atoms with Gasteiger partial charge in [0.15, 0.2) is 22.9 Å². The van der Waals surface area contributed by atoms with Gasteiger partial charge >= 0.3 is 0 Å². The van der Waals surface area contributed by atoms with Crippen LogP contribution in [0.5, 0.6) is 23.0 Å². The second-order valence-corrected chi connectivity index (χ2v) is 7.06. The minimum atomic E-state index is -0.252. The third kappa shape index (κ3) is 4.39. The van der Waals surface area contributed by atoms with Crippen molar-refractivity contribution in [3.05, 3.63) is 77.7 Å². The molecule has 1 aromatic heterocycles. The number of aromatic nitrogens is 1. The molecule has 7 heteroatoms. The minimum absolute atomic E-state index is 0.214. The molecule has 0 atom stereocenters. The molecular weight excluding hydrogens is 422 g/mol. The first kappa shape index (κ1) is 22.0. The summed E-state index contributed by atoms with van der Waals surface area (Å²) in [6, 6.07) is 17.7. The first-order valence-electron chi connectivity index (χ1n) is 10.1. The molecule has 0 N–H and O–H groups in total. The average molecular weight is 445 g/mol. The van der Waals surface area contributed by atoms with Gasteiger partial charge in [-0.3, -0.25) is 4.79 Å². The Morgan fingerprint density at radius 1 is 0.848 bits per heavy atom. The van der Waals surface area contributed by atoms with Gasteiger partial charge in [-0.15, -0.1) is 0 Å². The molecule has 4 aromatic rings. The van der Waals surface area contributed by atoms with Gasteiger partial charge in [0.2, 0.25) is 11.6 Å². The Morgan fingerprint density at radius 3 is 2.09 bits per heavy atom. The fourth-order valence-electron chi connectivity index (χ4n) is 3.46. The van der Waals surface area contributed by atoms with E-state index in [4.69, 9.17) is 23.4 Å². The summed E-state index contributed by atoms with van der Waals surface area (Å²) in [5.74, 6) is 2.02. The number of methoxy groups -OCH3 is 4. The predicted octanol–water partition coefficient (Wildman–Crippen LogP) is 5.29. The monoisotopic (exact) mass is 445 g/mol. The van der Waals surface area contributed by atoms with Crippen molar-refractivity contribution in [2.45, 2.75) is 0 Å². The lowest BCUT2D eigenvalue weighted by atomic mass is 10.00. The van der Waals surface area contributed by atoms with Gasteiger partial charge in [0.1, 0.15) is 11.3 Å². The highest BCUT2D eigenvalue weighted by molar-refractivity contribution is 6.31. The van der Waals surface area contributed by atoms with Crippen molar-refractivity contribution in [3.8, 4) is 23.0 Å². The molecule has 0 spiro atoms. The number of hydrogen-bond acceptors (Lipinski definition) is 7. The summed E-state index contributed by atoms with van der Waals surface area (Å²) in [6.45, 7) is 0. The van der Waals surface area contributed by atoms with Crippen LogP contribution in [0.15, 0.2) is 65.1 Å². The van der Waals surface area contributed by atoms with Crippen molar-refractivity contribution in [1.29, 1.82) is 0 Å². The summed E-state index contributed by atoms with van der Waals surface area (Å²) < 4.78 is 27.4. The molecular formula is C26H23NO6. The highest BCUT2D eigenvalue weighted by Crippen LogP contribution is 2.39. The third-order valence-electron chi connectivity index (χ3n) is 5.12. The molecule has 0 fully saturated rings. The number of benzene rings is 3. The molecule has 3 aromatic carbocycles. The fourth-order valence-corrected chi connectivity index (χ4v) is 3.46. The van der Waals surface area contributed by atoms with E-state index in [1.54, 1.807) is 55.7 Å². The second kappa shape index (κ2) is 9.48. The van der Waals surface area contributed by atoms with E-state index in [1.807, 2.05) is 18.2 Å². The minimum Gasteiger partial charge on any atom is -0.497 e. The highest BCUT2D eigenvalue weighted by Gasteiger charge is 2.21. The van der Waals surface area contributed by atoms with Gasteiger partial charge < -0.3 is 23.4 Å². The Balaban J connectivity index is 1.88. The van der Waals surface area contributed by atoms with E-state index in [0.29, 0.717) is 45.2 Å². The molecule has 0 aliphatic heterocycles. The third-order valence-corrected chi connectivity index (χ3v) is 5.12. The summed E-state index contributed by atoms with van der Waals surface area (Å²) >= 11 is 0. The maximum Gasteiger partial charge on any atom is 0.231 e. The molecule has 0 aliphatic carbocycles. The van der Waals surface area contributed by atoms with Gasteiger partial charge in [0, 0.05) is 5.56 Å². The van der Waals surface area contributed by atoms with Gasteiger partial charge in [-0.25, -0.2) is 4.98 Å². The van der Waals surface area contributed by atoms with Gasteiger partial charge in [-0.1, -0.05) is 12.1 Å². The maximum absolute atomic E-state index is 13.6. The molecule has 0 saturated carbocycles. The van der Waals surface area contributed by atoms with Crippen LogP contribution in [0.4, 0.5) is 0 Å². The number of nitrogens with zero attached hydrogens (tertiary/aromatic N) is 1. The fraction of sp³-hybridized carbons (Fsp3) is 0.154. The largest absolute Gasteiger partial charge is 0.497 e. The number of oxazole rings is 1. The lowest BCUT2D eigenvalue weighted by molar-refractivity contribution is 0.105. The van der Waals surface area contributed by atoms with E-state index in [1.165, 1.54) is 21.3 Å². The number of fused-ring (bicyclic) bond motifs is 1. The molecule has 4 rings (SSSR count). The van der Waals surface area contributed by atoms with E-state index >= 15 is 0 Å². The topological polar surface area (TPSA) is 80.0 Å². The first-order valence-corrected chi connectivity index (χ1v) is 10.1. The number of ketones is 1. The molecule has 7 nitrogen and oxygen atoms in total. The quantitative estimate of drug-likeness (QED) is 0.269. The van der Waals surface area contributed by atoms with E-state index < -0.39 is 0 Å². The zero-order chi connectivity index (χ0) is 23.4. The van der Waals surface area contributed by atoms with Gasteiger partial charge in [0.05, 0.1) is 34.0 Å². The molecule has 0 aliphatic rings. The molecule has 0 saturated heterocycles. The lowest BCUT2D eigenvalue weighted by Gasteiger charge is -2.13. The molecule has 0 unspecified atom stereocenters. The van der Waals surface area contributed by atoms with Crippen LogP contribution in [0, 0.1) is 0 Å². The SMILES string of the molecule is COc1ccc(C(=O)/C(=C\c2cc(OC)c(OC)c(OC)c2)c2nc3ccccc3o2)cc1. The van der Waals surface area contributed by atoms with Crippen LogP contribution in [0.2, 0.25) is 0 Å². The highest BCUT2D eigenvalue weighted by atomic mass is 16.5. The van der Waals surface area contributed by atoms with Crippen molar-refractivity contribution in [3.63, 3.8) is 0 Å². The second-order valence-electron chi connectivity index (χ2n) is 7.06. The average Bonchev–Trinajstić information content (AvgIpc) is 3.30. The van der Waals surface area contributed by atoms with Crippen LogP contribution in [-0.4, -0.2) is 39.2 Å². The molecule has 168 valence electrons. The summed E-state index contributed by atoms with van der Waals surface area (Å²) in [5.41, 5.74) is 2.66. The normalized spacial score (nSPS) is 11.3. The maximum atomic E-state index is 13.6. The summed E-state index contributed by atoms with van der Waals surface area (Å²) in [5, 5.41) is 0. The predicted molar refractivity (Wildman–Crippen MR) is 125 cm³/mol. The van der Waals surface area contributed by atoms with E-state index in [2.05, 4.69) is 4.98 Å². The van der Waals surface area contributed by atoms with Crippen molar-refractivity contribution in [1.82, 2.24) is 4.98 Å². The Bertz CT molecular complexity index is 1260. The first-order chi connectivity index (χ1) is 16.1. The Labute approximate surface area is 191 Å². The number of carbonyl (C=O) groups excluding carboxylic acids is 1. The van der Waals surface area contributed by atoms with E-state index in [0.717, 1.165) is 0 Å². The van der Waals surface area contributed by atoms with Crippen LogP contribution in [0.25, 0.3) is 22.7 Å². The molecule has 0 bridgehead atoms. The van der Waals surface area contributed by atoms with Gasteiger partial charge in [0.25, 0.3) is 0 Å². The number of para-hydroxylation sites is 2. The number of ether oxygens (including phenoxy) is 4. The van der Waals surface area contributed by atoms with E-state index in [-0.39, 0.29) is 17.2 Å². The molecule has 1 heterocycles. The summed E-state index contributed by atoms with van der Waals surface area (Å²) in [4.78, 5) is 18.1. The lowest BCUT2D eigenvalue weighted by Crippen LogP contribution is -2.04. The molecule has 0 radical (unpaired) electrons. The number of rotatable bonds is 8. The van der Waals surface area contributed by atoms with Crippen LogP contribution in [-0.2, 0) is 0 Å². The Hall–Kier alpha value is -4.26. The Kier molecular flexibility index (Phi) is 6.31. The number of carbonyl (C=O) groups is 1. The van der Waals surface area contributed by atoms with Crippen molar-refractivity contribution in [2.75, 3.05) is 28.4 Å². The standard InChI is InChI=1S/C26H23NO6/c1-29-18-11-9-17(10-12-18)24(28)19(26-27-20-7-5-6-8-21(20)33-26)13-16-14-22(30-2)25(32-4)23(15-16)31-3/h5-15H,1-4H3/b19-13+. The summed E-state index contributed by atoms with van der Waals surface area (Å²) in [6.07, 6.45) is 1.70. The van der Waals surface area contributed by atoms with Crippen LogP contribution in [0.1, 0.15) is 21.8 Å². The van der Waals surface area contributed by atoms with Crippen LogP contribution < -0.4 is 18.9 Å². The zero-order valence-electron chi connectivity index (χ0n) is 18.7. The van der Waals surface area contributed by atoms with Crippen molar-refractivity contribution >= 4 is 28.5 Å². The zero-order valence-corrected chi connectivity index (χ0v) is 18.7. The number of hydrogen-bond donors (Lipinski definition) is 0. The van der Waals surface area contributed by atoms with Gasteiger partial charge in [-0.05, 0) is 60.2 Å². The van der Waals surface area contributed by atoms with Crippen LogP contribution >= 0.6 is 0 Å².